The molecule has 6 aromatic rings. The standard InChI is InChI=1S/C71H104N16O21/c1-5-86-57(41-50(2)79-86)68(95)77-71-76-56-44-53(67(73)94)46-60(65(56)84(71)14-7-6-13-83-64-55(43-52(66(72)93)45-59(64)97-4)75-70(83)78-69(96)58-42-51(3)80-87(58)47-54(89)49-88)108-20-8-12-81-15-17-82(18-16-81)19-22-99-24-26-101-28-30-103-32-34-105-36-38-107-40-39-106-37-35-104-33-31-102-29-27-100-25-23-98-21-11-74-61(90)48-85-62(91)9-10-63(85)92/h6-7,9-10,41-46,54,62,88-89,91H,5,8,11-40,47-49H2,1-4H3,(H2,72,93)(H2,73,94)(H,74,90)(H,75,78,96)(H,76,77,95)/b7-6+. The highest BCUT2D eigenvalue weighted by molar-refractivity contribution is 6.05. The molecule has 1 fully saturated rings. The molecule has 2 unspecified atom stereocenters. The van der Waals surface area contributed by atoms with Gasteiger partial charge in [-0.2, -0.15) is 10.2 Å². The van der Waals surface area contributed by atoms with Crippen LogP contribution >= 0.6 is 0 Å². The summed E-state index contributed by atoms with van der Waals surface area (Å²) >= 11 is 0. The predicted molar refractivity (Wildman–Crippen MR) is 392 cm³/mol. The van der Waals surface area contributed by atoms with Crippen molar-refractivity contribution in [1.29, 1.82) is 0 Å². The minimum atomic E-state index is -1.18. The van der Waals surface area contributed by atoms with E-state index in [9.17, 15) is 44.1 Å². The third-order valence-electron chi connectivity index (χ3n) is 16.9. The maximum absolute atomic E-state index is 14.1. The summed E-state index contributed by atoms with van der Waals surface area (Å²) in [5.74, 6) is -2.53. The lowest BCUT2D eigenvalue weighted by molar-refractivity contribution is -0.137. The van der Waals surface area contributed by atoms with E-state index < -0.39 is 48.5 Å². The first-order valence-electron chi connectivity index (χ1n) is 36.1. The van der Waals surface area contributed by atoms with E-state index in [0.29, 0.717) is 178 Å². The van der Waals surface area contributed by atoms with E-state index in [4.69, 9.17) is 78.3 Å². The van der Waals surface area contributed by atoms with Gasteiger partial charge in [-0.3, -0.25) is 53.7 Å². The molecule has 2 aromatic carbocycles. The number of hydrogen-bond acceptors (Lipinski definition) is 27. The van der Waals surface area contributed by atoms with Crippen molar-refractivity contribution in [3.8, 4) is 11.5 Å². The van der Waals surface area contributed by atoms with Crippen molar-refractivity contribution in [2.24, 2.45) is 11.5 Å². The fourth-order valence-corrected chi connectivity index (χ4v) is 11.5. The molecular formula is C71H104N16O21. The van der Waals surface area contributed by atoms with Gasteiger partial charge in [-0.05, 0) is 69.7 Å². The van der Waals surface area contributed by atoms with Crippen LogP contribution in [0.25, 0.3) is 22.1 Å². The number of rotatable bonds is 55. The van der Waals surface area contributed by atoms with E-state index in [0.717, 1.165) is 44.2 Å². The highest BCUT2D eigenvalue weighted by Crippen LogP contribution is 2.33. The number of nitrogens with zero attached hydrogens (tertiary/aromatic N) is 11. The third kappa shape index (κ3) is 27.0. The Hall–Kier alpha value is -8.90. The largest absolute Gasteiger partial charge is 0.494 e. The zero-order valence-corrected chi connectivity index (χ0v) is 61.9. The SMILES string of the molecule is CCn1nc(C)cc1C(=O)Nc1nc2cc(C(N)=O)cc(OCCCN3CCN(CCOCCOCCOCCOCCOCCOCCOCCOCCOCCOCCNC(=O)CN4C(=O)C=CC4O)CC3)c2n1C/C=C/Cn1c(NC(=O)c2cc(C)nn2CC(O)CO)nc2cc(C(N)=O)cc(OC)c21. The number of allylic oxidation sites excluding steroid dienone is 2. The Labute approximate surface area is 625 Å². The van der Waals surface area contributed by atoms with Gasteiger partial charge in [0, 0.05) is 82.7 Å². The zero-order valence-electron chi connectivity index (χ0n) is 61.9. The second kappa shape index (κ2) is 45.8. The summed E-state index contributed by atoms with van der Waals surface area (Å²) in [6.45, 7) is 19.2. The average Bonchev–Trinajstić information content (AvgIpc) is 1.62. The first-order chi connectivity index (χ1) is 52.4. The molecule has 37 heteroatoms. The molecule has 0 radical (unpaired) electrons. The summed E-state index contributed by atoms with van der Waals surface area (Å²) in [4.78, 5) is 92.2. The number of imidazole rings is 2. The molecule has 4 aromatic heterocycles. The van der Waals surface area contributed by atoms with Crippen molar-refractivity contribution >= 4 is 69.4 Å². The summed E-state index contributed by atoms with van der Waals surface area (Å²) in [5, 5.41) is 46.7. The van der Waals surface area contributed by atoms with Crippen LogP contribution in [0.3, 0.4) is 0 Å². The molecule has 0 spiro atoms. The lowest BCUT2D eigenvalue weighted by Gasteiger charge is -2.34. The Morgan fingerprint density at radius 1 is 0.583 bits per heavy atom. The number of amides is 6. The van der Waals surface area contributed by atoms with E-state index in [1.165, 1.54) is 42.1 Å². The van der Waals surface area contributed by atoms with Crippen molar-refractivity contribution in [2.45, 2.75) is 65.7 Å². The van der Waals surface area contributed by atoms with Gasteiger partial charge in [0.1, 0.15) is 46.7 Å². The minimum absolute atomic E-state index is 0.0652. The molecule has 108 heavy (non-hydrogen) atoms. The van der Waals surface area contributed by atoms with Gasteiger partial charge in [-0.1, -0.05) is 12.2 Å². The molecule has 6 heterocycles. The van der Waals surface area contributed by atoms with Gasteiger partial charge in [0.2, 0.25) is 35.5 Å². The van der Waals surface area contributed by atoms with E-state index in [1.54, 1.807) is 51.9 Å². The molecule has 2 aliphatic heterocycles. The van der Waals surface area contributed by atoms with Gasteiger partial charge in [0.05, 0.1) is 188 Å². The smallest absolute Gasteiger partial charge is 0.276 e. The summed E-state index contributed by atoms with van der Waals surface area (Å²) in [5.41, 5.74) is 14.9. The number of piperazine rings is 1. The quantitative estimate of drug-likeness (QED) is 0.0186. The first kappa shape index (κ1) is 84.7. The lowest BCUT2D eigenvalue weighted by atomic mass is 10.1. The van der Waals surface area contributed by atoms with Crippen LogP contribution in [0.2, 0.25) is 0 Å². The fourth-order valence-electron chi connectivity index (χ4n) is 11.5. The number of aryl methyl sites for hydroxylation is 3. The molecule has 37 nitrogen and oxygen atoms in total. The number of carbonyl (C=O) groups excluding carboxylic acids is 6. The number of hydrogen-bond donors (Lipinski definition) is 8. The lowest BCUT2D eigenvalue weighted by Crippen LogP contribution is -2.47. The molecule has 0 bridgehead atoms. The number of nitrogens with one attached hydrogen (secondary N) is 3. The normalized spacial score (nSPS) is 14.5. The van der Waals surface area contributed by atoms with Crippen LogP contribution in [0.1, 0.15) is 66.4 Å². The molecule has 6 amide bonds. The average molecular weight is 1520 g/mol. The van der Waals surface area contributed by atoms with E-state index in [-0.39, 0.29) is 91.8 Å². The number of fused-ring (bicyclic) bond motifs is 2. The topological polar surface area (TPSA) is 443 Å². The van der Waals surface area contributed by atoms with Gasteiger partial charge in [-0.25, -0.2) is 9.97 Å². The van der Waals surface area contributed by atoms with Gasteiger partial charge >= 0.3 is 0 Å². The van der Waals surface area contributed by atoms with Crippen LogP contribution in [-0.2, 0) is 83.1 Å². The van der Waals surface area contributed by atoms with Crippen LogP contribution < -0.4 is 36.9 Å². The van der Waals surface area contributed by atoms with Gasteiger partial charge in [-0.15, -0.1) is 0 Å². The van der Waals surface area contributed by atoms with Crippen molar-refractivity contribution in [1.82, 2.24) is 58.7 Å². The number of primary amides is 2. The monoisotopic (exact) mass is 1520 g/mol. The van der Waals surface area contributed by atoms with E-state index in [2.05, 4.69) is 35.9 Å². The Kier molecular flexibility index (Phi) is 35.9. The number of anilines is 2. The Balaban J connectivity index is 0.677. The summed E-state index contributed by atoms with van der Waals surface area (Å²) in [6, 6.07) is 9.29. The van der Waals surface area contributed by atoms with Crippen LogP contribution in [0.15, 0.2) is 60.7 Å². The maximum Gasteiger partial charge on any atom is 0.276 e. The maximum atomic E-state index is 14.1. The molecule has 2 aliphatic rings. The Bertz CT molecular complexity index is 3890. The number of carbonyl (C=O) groups is 6. The number of aliphatic hydroxyl groups excluding tert-OH is 3. The van der Waals surface area contributed by atoms with Crippen LogP contribution in [0.5, 0.6) is 11.5 Å². The molecule has 1 saturated heterocycles. The fraction of sp³-hybridized carbons (Fsp3) is 0.577. The molecule has 0 aliphatic carbocycles. The third-order valence-corrected chi connectivity index (χ3v) is 16.9. The van der Waals surface area contributed by atoms with E-state index in [1.807, 2.05) is 13.0 Å². The Morgan fingerprint density at radius 2 is 1.01 bits per heavy atom. The van der Waals surface area contributed by atoms with Crippen molar-refractivity contribution in [3.05, 3.63) is 94.6 Å². The minimum Gasteiger partial charge on any atom is -0.494 e. The zero-order chi connectivity index (χ0) is 77.0. The van der Waals surface area contributed by atoms with Crippen LogP contribution in [0.4, 0.5) is 11.9 Å². The number of nitrogens with two attached hydrogens (primary N) is 2. The molecule has 0 saturated carbocycles. The molecule has 2 atom stereocenters. The van der Waals surface area contributed by atoms with Gasteiger partial charge in [0.25, 0.3) is 11.8 Å². The number of aromatic nitrogens is 8. The number of benzene rings is 2. The molecule has 594 valence electrons. The number of methoxy groups -OCH3 is 1. The molecule has 8 rings (SSSR count). The highest BCUT2D eigenvalue weighted by atomic mass is 16.6. The molecular weight excluding hydrogens is 1410 g/mol. The summed E-state index contributed by atoms with van der Waals surface area (Å²) in [6.07, 6.45) is 4.56. The van der Waals surface area contributed by atoms with Gasteiger partial charge in [0.15, 0.2) is 0 Å². The van der Waals surface area contributed by atoms with Crippen LogP contribution in [0, 0.1) is 13.8 Å². The first-order valence-corrected chi connectivity index (χ1v) is 36.1. The van der Waals surface area contributed by atoms with E-state index >= 15 is 0 Å². The second-order valence-electron chi connectivity index (χ2n) is 24.9. The summed E-state index contributed by atoms with van der Waals surface area (Å²) in [7, 11) is 1.43. The van der Waals surface area contributed by atoms with Crippen molar-refractivity contribution in [2.75, 3.05) is 215 Å². The summed E-state index contributed by atoms with van der Waals surface area (Å²) < 4.78 is 74.3. The molecule has 10 N–H and O–H groups in total. The number of aliphatic hydroxyl groups is 3. The van der Waals surface area contributed by atoms with Crippen molar-refractivity contribution < 1.29 is 101 Å². The Morgan fingerprint density at radius 3 is 1.44 bits per heavy atom. The van der Waals surface area contributed by atoms with Crippen molar-refractivity contribution in [3.63, 3.8) is 0 Å². The van der Waals surface area contributed by atoms with Gasteiger partial charge < -0.3 is 108 Å². The van der Waals surface area contributed by atoms with Crippen LogP contribution in [-0.4, -0.2) is 321 Å². The second-order valence-corrected chi connectivity index (χ2v) is 24.9. The highest BCUT2D eigenvalue weighted by Gasteiger charge is 2.28. The number of ether oxygens (including phenoxy) is 12. The predicted octanol–water partition coefficient (Wildman–Crippen LogP) is 0.122.